The Morgan fingerprint density at radius 2 is 1.80 bits per heavy atom. The van der Waals surface area contributed by atoms with Crippen LogP contribution in [0.4, 0.5) is 5.69 Å². The van der Waals surface area contributed by atoms with Crippen LogP contribution in [0.15, 0.2) is 53.6 Å². The molecule has 0 aliphatic carbocycles. The van der Waals surface area contributed by atoms with E-state index in [1.807, 2.05) is 55.5 Å². The third-order valence-electron chi connectivity index (χ3n) is 2.74. The van der Waals surface area contributed by atoms with Crippen LogP contribution in [0.3, 0.4) is 0 Å². The zero-order valence-electron chi connectivity index (χ0n) is 10.9. The molecule has 0 saturated carbocycles. The minimum Gasteiger partial charge on any atom is -0.350 e. The van der Waals surface area contributed by atoms with Crippen LogP contribution in [-0.4, -0.2) is 10.7 Å². The molecule has 2 aromatic carbocycles. The topological polar surface area (TPSA) is 50.4 Å². The first-order valence-electron chi connectivity index (χ1n) is 6.02. The number of nitrogens with two attached hydrogens (primary N) is 1. The summed E-state index contributed by atoms with van der Waals surface area (Å²) in [4.78, 5) is 0.685. The van der Waals surface area contributed by atoms with E-state index in [4.69, 9.17) is 29.7 Å². The van der Waals surface area contributed by atoms with Gasteiger partial charge in [0.15, 0.2) is 0 Å². The molecule has 0 aliphatic heterocycles. The van der Waals surface area contributed by atoms with E-state index in [0.29, 0.717) is 15.7 Å². The molecule has 0 bridgehead atoms. The molecule has 2 rings (SSSR count). The van der Waals surface area contributed by atoms with Gasteiger partial charge in [-0.15, -0.1) is 0 Å². The van der Waals surface area contributed by atoms with Crippen molar-refractivity contribution >= 4 is 40.2 Å². The van der Waals surface area contributed by atoms with E-state index in [1.54, 1.807) is 0 Å². The molecule has 0 fully saturated rings. The first-order valence-corrected chi connectivity index (χ1v) is 6.81. The average molecular weight is 304 g/mol. The predicted molar refractivity (Wildman–Crippen MR) is 89.6 cm³/mol. The molecule has 0 unspecified atom stereocenters. The Hall–Kier alpha value is -1.91. The van der Waals surface area contributed by atoms with E-state index in [-0.39, 0.29) is 0 Å². The van der Waals surface area contributed by atoms with Gasteiger partial charge < -0.3 is 11.2 Å². The van der Waals surface area contributed by atoms with Crippen LogP contribution in [-0.2, 0) is 0 Å². The van der Waals surface area contributed by atoms with Crippen molar-refractivity contribution in [3.63, 3.8) is 0 Å². The van der Waals surface area contributed by atoms with Gasteiger partial charge in [0.05, 0.1) is 10.7 Å². The number of benzene rings is 2. The molecule has 0 radical (unpaired) electrons. The second kappa shape index (κ2) is 6.50. The molecular formula is C15H14ClN3S. The Bertz CT molecular complexity index is 650. The molecule has 0 aromatic heterocycles. The fraction of sp³-hybridized carbons (Fsp3) is 0.0667. The van der Waals surface area contributed by atoms with Crippen molar-refractivity contribution in [1.82, 2.24) is 0 Å². The molecule has 0 aliphatic rings. The molecule has 0 amide bonds. The van der Waals surface area contributed by atoms with Crippen LogP contribution in [0, 0.1) is 0 Å². The Morgan fingerprint density at radius 3 is 2.40 bits per heavy atom. The van der Waals surface area contributed by atoms with E-state index in [0.717, 1.165) is 16.8 Å². The van der Waals surface area contributed by atoms with Crippen molar-refractivity contribution in [3.8, 4) is 0 Å². The fourth-order valence-corrected chi connectivity index (χ4v) is 2.13. The minimum absolute atomic E-state index is 0.672. The van der Waals surface area contributed by atoms with Crippen LogP contribution >= 0.6 is 23.8 Å². The van der Waals surface area contributed by atoms with E-state index in [1.165, 1.54) is 0 Å². The third-order valence-corrected chi connectivity index (χ3v) is 3.09. The summed E-state index contributed by atoms with van der Waals surface area (Å²) >= 11 is 11.0. The van der Waals surface area contributed by atoms with E-state index < -0.39 is 0 Å². The number of halogens is 1. The molecule has 20 heavy (non-hydrogen) atoms. The Kier molecular flexibility index (Phi) is 4.71. The summed E-state index contributed by atoms with van der Waals surface area (Å²) in [6, 6.07) is 15.1. The van der Waals surface area contributed by atoms with Gasteiger partial charge in [0.2, 0.25) is 0 Å². The van der Waals surface area contributed by atoms with Crippen molar-refractivity contribution in [2.45, 2.75) is 6.92 Å². The van der Waals surface area contributed by atoms with E-state index in [9.17, 15) is 0 Å². The van der Waals surface area contributed by atoms with Gasteiger partial charge in [-0.3, -0.25) is 0 Å². The molecule has 3 N–H and O–H groups in total. The summed E-state index contributed by atoms with van der Waals surface area (Å²) in [5, 5.41) is 7.73. The molecule has 0 atom stereocenters. The molecule has 2 aromatic rings. The standard InChI is InChI=1S/C15H14ClN3S/c1-10(20)18-14-5-3-2-4-13(14)15(19-17)11-6-8-12(16)9-7-11/h2-9H,17H2,1H3,(H,18,20)/b19-15-. The number of thiocarbonyl (C=S) groups is 1. The zero-order valence-corrected chi connectivity index (χ0v) is 12.5. The van der Waals surface area contributed by atoms with Crippen molar-refractivity contribution in [3.05, 3.63) is 64.7 Å². The number of nitrogens with one attached hydrogen (secondary N) is 1. The highest BCUT2D eigenvalue weighted by Gasteiger charge is 2.11. The predicted octanol–water partition coefficient (Wildman–Crippen LogP) is 3.81. The number of rotatable bonds is 3. The summed E-state index contributed by atoms with van der Waals surface area (Å²) in [6.45, 7) is 1.83. The van der Waals surface area contributed by atoms with Gasteiger partial charge in [0.1, 0.15) is 0 Å². The maximum atomic E-state index is 5.91. The van der Waals surface area contributed by atoms with Crippen LogP contribution in [0.25, 0.3) is 0 Å². The lowest BCUT2D eigenvalue weighted by Gasteiger charge is -2.12. The average Bonchev–Trinajstić information content (AvgIpc) is 2.43. The van der Waals surface area contributed by atoms with Crippen molar-refractivity contribution < 1.29 is 0 Å². The molecule has 0 spiro atoms. The number of nitrogens with zero attached hydrogens (tertiary/aromatic N) is 1. The van der Waals surface area contributed by atoms with Crippen molar-refractivity contribution in [2.75, 3.05) is 5.32 Å². The van der Waals surface area contributed by atoms with E-state index >= 15 is 0 Å². The van der Waals surface area contributed by atoms with E-state index in [2.05, 4.69) is 10.4 Å². The summed E-state index contributed by atoms with van der Waals surface area (Å²) in [7, 11) is 0. The maximum absolute atomic E-state index is 5.91. The molecule has 0 heterocycles. The lowest BCUT2D eigenvalue weighted by molar-refractivity contribution is 1.24. The first-order chi connectivity index (χ1) is 9.61. The summed E-state index contributed by atoms with van der Waals surface area (Å²) in [5.74, 6) is 5.57. The largest absolute Gasteiger partial charge is 0.350 e. The second-order valence-corrected chi connectivity index (χ2v) is 5.26. The summed E-state index contributed by atoms with van der Waals surface area (Å²) in [6.07, 6.45) is 0. The monoisotopic (exact) mass is 303 g/mol. The molecule has 5 heteroatoms. The highest BCUT2D eigenvalue weighted by atomic mass is 35.5. The number of anilines is 1. The number of hydrogen-bond donors (Lipinski definition) is 2. The zero-order chi connectivity index (χ0) is 14.5. The molecular weight excluding hydrogens is 290 g/mol. The van der Waals surface area contributed by atoms with Crippen LogP contribution in [0.2, 0.25) is 5.02 Å². The quantitative estimate of drug-likeness (QED) is 0.392. The number of para-hydroxylation sites is 1. The smallest absolute Gasteiger partial charge is 0.0992 e. The normalized spacial score (nSPS) is 11.2. The van der Waals surface area contributed by atoms with Gasteiger partial charge in [-0.05, 0) is 25.1 Å². The van der Waals surface area contributed by atoms with Crippen molar-refractivity contribution in [2.24, 2.45) is 10.9 Å². The first kappa shape index (κ1) is 14.5. The van der Waals surface area contributed by atoms with Crippen LogP contribution in [0.5, 0.6) is 0 Å². The molecule has 0 saturated heterocycles. The lowest BCUT2D eigenvalue weighted by atomic mass is 10.0. The summed E-state index contributed by atoms with van der Waals surface area (Å²) < 4.78 is 0. The Morgan fingerprint density at radius 1 is 1.15 bits per heavy atom. The second-order valence-electron chi connectivity index (χ2n) is 4.21. The van der Waals surface area contributed by atoms with Gasteiger partial charge in [-0.2, -0.15) is 5.10 Å². The van der Waals surface area contributed by atoms with Crippen LogP contribution in [0.1, 0.15) is 18.1 Å². The summed E-state index contributed by atoms with van der Waals surface area (Å²) in [5.41, 5.74) is 3.34. The van der Waals surface area contributed by atoms with Gasteiger partial charge >= 0.3 is 0 Å². The number of hydrazone groups is 1. The van der Waals surface area contributed by atoms with Gasteiger partial charge in [-0.1, -0.05) is 54.2 Å². The molecule has 3 nitrogen and oxygen atoms in total. The highest BCUT2D eigenvalue weighted by Crippen LogP contribution is 2.21. The van der Waals surface area contributed by atoms with Crippen molar-refractivity contribution in [1.29, 1.82) is 0 Å². The third kappa shape index (κ3) is 3.35. The maximum Gasteiger partial charge on any atom is 0.0992 e. The fourth-order valence-electron chi connectivity index (χ4n) is 1.90. The van der Waals surface area contributed by atoms with Gasteiger partial charge in [-0.25, -0.2) is 0 Å². The SMILES string of the molecule is CC(=S)Nc1ccccc1/C(=N\N)c1ccc(Cl)cc1. The minimum atomic E-state index is 0.672. The van der Waals surface area contributed by atoms with Gasteiger partial charge in [0, 0.05) is 21.8 Å². The highest BCUT2D eigenvalue weighted by molar-refractivity contribution is 7.80. The lowest BCUT2D eigenvalue weighted by Crippen LogP contribution is -2.12. The Labute approximate surface area is 128 Å². The van der Waals surface area contributed by atoms with Crippen LogP contribution < -0.4 is 11.2 Å². The number of hydrogen-bond acceptors (Lipinski definition) is 3. The molecule has 102 valence electrons. The van der Waals surface area contributed by atoms with Gasteiger partial charge in [0.25, 0.3) is 0 Å². The Balaban J connectivity index is 2.47.